The van der Waals surface area contributed by atoms with Crippen molar-refractivity contribution in [2.75, 3.05) is 26.2 Å². The van der Waals surface area contributed by atoms with Gasteiger partial charge in [-0.15, -0.1) is 0 Å². The Morgan fingerprint density at radius 3 is 2.24 bits per heavy atom. The summed E-state index contributed by atoms with van der Waals surface area (Å²) >= 11 is 2.29. The summed E-state index contributed by atoms with van der Waals surface area (Å²) in [5, 5.41) is 0. The molecule has 21 heavy (non-hydrogen) atoms. The lowest BCUT2D eigenvalue weighted by Gasteiger charge is -2.20. The molecular weight excluding hydrogens is 377 g/mol. The van der Waals surface area contributed by atoms with Gasteiger partial charge in [-0.1, -0.05) is 62.1 Å². The van der Waals surface area contributed by atoms with Gasteiger partial charge in [-0.05, 0) is 31.6 Å². The molecule has 3 nitrogen and oxygen atoms in total. The standard InChI is InChI=1S/C17H32INO2/c1-3-5-11-19(12-6-4-2)13-14-21-17(20)16(18)15-9-7-8-10-15/h15-16H,3-14H2,1-2H3/p+1. The summed E-state index contributed by atoms with van der Waals surface area (Å²) in [5.41, 5.74) is 0. The lowest BCUT2D eigenvalue weighted by molar-refractivity contribution is -0.900. The highest BCUT2D eigenvalue weighted by Gasteiger charge is 2.29. The van der Waals surface area contributed by atoms with E-state index in [0.29, 0.717) is 12.5 Å². The quantitative estimate of drug-likeness (QED) is 0.323. The first-order valence-electron chi connectivity index (χ1n) is 8.83. The van der Waals surface area contributed by atoms with E-state index in [1.807, 2.05) is 0 Å². The van der Waals surface area contributed by atoms with Crippen LogP contribution >= 0.6 is 22.6 Å². The van der Waals surface area contributed by atoms with Crippen LogP contribution in [0, 0.1) is 5.92 Å². The second kappa shape index (κ2) is 11.7. The molecule has 1 saturated carbocycles. The molecule has 1 atom stereocenters. The number of quaternary nitrogens is 1. The Balaban J connectivity index is 2.22. The number of ether oxygens (including phenoxy) is 1. The van der Waals surface area contributed by atoms with E-state index in [0.717, 1.165) is 6.54 Å². The number of esters is 1. The van der Waals surface area contributed by atoms with Crippen molar-refractivity contribution in [3.8, 4) is 0 Å². The molecule has 0 bridgehead atoms. The molecule has 1 unspecified atom stereocenters. The lowest BCUT2D eigenvalue weighted by Crippen LogP contribution is -3.12. The van der Waals surface area contributed by atoms with Crippen LogP contribution in [0.15, 0.2) is 0 Å². The number of unbranched alkanes of at least 4 members (excludes halogenated alkanes) is 2. The molecule has 0 spiro atoms. The zero-order valence-corrected chi connectivity index (χ0v) is 16.0. The Labute approximate surface area is 144 Å². The normalized spacial score (nSPS) is 17.3. The van der Waals surface area contributed by atoms with Crippen LogP contribution in [0.5, 0.6) is 0 Å². The van der Waals surface area contributed by atoms with E-state index in [4.69, 9.17) is 4.74 Å². The molecule has 4 heteroatoms. The zero-order valence-electron chi connectivity index (χ0n) is 13.8. The smallest absolute Gasteiger partial charge is 0.319 e. The summed E-state index contributed by atoms with van der Waals surface area (Å²) in [7, 11) is 0. The number of hydrogen-bond donors (Lipinski definition) is 1. The van der Waals surface area contributed by atoms with E-state index < -0.39 is 0 Å². The van der Waals surface area contributed by atoms with E-state index in [2.05, 4.69) is 36.4 Å². The molecule has 0 aromatic carbocycles. The average Bonchev–Trinajstić information content (AvgIpc) is 3.02. The molecule has 0 aliphatic heterocycles. The summed E-state index contributed by atoms with van der Waals surface area (Å²) in [4.78, 5) is 13.7. The molecule has 1 aliphatic carbocycles. The van der Waals surface area contributed by atoms with Gasteiger partial charge < -0.3 is 9.64 Å². The van der Waals surface area contributed by atoms with E-state index >= 15 is 0 Å². The fourth-order valence-corrected chi connectivity index (χ4v) is 3.95. The number of rotatable bonds is 11. The predicted molar refractivity (Wildman–Crippen MR) is 96.1 cm³/mol. The number of carbonyl (C=O) groups is 1. The summed E-state index contributed by atoms with van der Waals surface area (Å²) < 4.78 is 5.61. The first-order chi connectivity index (χ1) is 10.2. The van der Waals surface area contributed by atoms with Crippen LogP contribution in [0.2, 0.25) is 0 Å². The second-order valence-electron chi connectivity index (χ2n) is 6.32. The molecule has 0 saturated heterocycles. The van der Waals surface area contributed by atoms with Crippen LogP contribution in [-0.4, -0.2) is 36.1 Å². The largest absolute Gasteiger partial charge is 0.459 e. The highest BCUT2D eigenvalue weighted by atomic mass is 127. The maximum absolute atomic E-state index is 12.1. The molecule has 0 aromatic heterocycles. The molecule has 1 N–H and O–H groups in total. The molecule has 0 heterocycles. The Morgan fingerprint density at radius 1 is 1.14 bits per heavy atom. The molecule has 0 radical (unpaired) electrons. The summed E-state index contributed by atoms with van der Waals surface area (Å²) in [6.07, 6.45) is 9.99. The van der Waals surface area contributed by atoms with E-state index in [1.165, 1.54) is 64.5 Å². The van der Waals surface area contributed by atoms with Crippen LogP contribution in [-0.2, 0) is 9.53 Å². The van der Waals surface area contributed by atoms with Gasteiger partial charge in [0.2, 0.25) is 0 Å². The molecule has 0 amide bonds. The van der Waals surface area contributed by atoms with Gasteiger partial charge in [-0.25, -0.2) is 0 Å². The first-order valence-corrected chi connectivity index (χ1v) is 10.1. The average molecular weight is 410 g/mol. The minimum absolute atomic E-state index is 0.0211. The van der Waals surface area contributed by atoms with Crippen molar-refractivity contribution in [1.29, 1.82) is 0 Å². The Bertz CT molecular complexity index is 272. The van der Waals surface area contributed by atoms with Crippen molar-refractivity contribution in [3.05, 3.63) is 0 Å². The number of halogens is 1. The maximum atomic E-state index is 12.1. The molecular formula is C17H33INO2+. The Hall–Kier alpha value is 0.160. The fraction of sp³-hybridized carbons (Fsp3) is 0.941. The third-order valence-electron chi connectivity index (χ3n) is 4.51. The van der Waals surface area contributed by atoms with Gasteiger partial charge in [-0.3, -0.25) is 4.79 Å². The molecule has 1 aliphatic rings. The minimum atomic E-state index is 0.0211. The van der Waals surface area contributed by atoms with Crippen LogP contribution in [0.4, 0.5) is 0 Å². The van der Waals surface area contributed by atoms with Gasteiger partial charge in [0.05, 0.1) is 13.1 Å². The van der Waals surface area contributed by atoms with Crippen molar-refractivity contribution in [2.24, 2.45) is 5.92 Å². The molecule has 1 rings (SSSR count). The van der Waals surface area contributed by atoms with E-state index in [-0.39, 0.29) is 9.89 Å². The van der Waals surface area contributed by atoms with Crippen molar-refractivity contribution in [3.63, 3.8) is 0 Å². The van der Waals surface area contributed by atoms with Crippen molar-refractivity contribution in [2.45, 2.75) is 69.1 Å². The van der Waals surface area contributed by atoms with Crippen LogP contribution in [0.3, 0.4) is 0 Å². The van der Waals surface area contributed by atoms with Gasteiger partial charge in [-0.2, -0.15) is 0 Å². The van der Waals surface area contributed by atoms with E-state index in [1.54, 1.807) is 4.90 Å². The number of hydrogen-bond acceptors (Lipinski definition) is 2. The third-order valence-corrected chi connectivity index (χ3v) is 6.03. The van der Waals surface area contributed by atoms with Gasteiger partial charge in [0, 0.05) is 0 Å². The molecule has 124 valence electrons. The zero-order chi connectivity index (χ0) is 15.5. The highest BCUT2D eigenvalue weighted by molar-refractivity contribution is 14.1. The number of carbonyl (C=O) groups excluding carboxylic acids is 1. The van der Waals surface area contributed by atoms with E-state index in [9.17, 15) is 4.79 Å². The highest BCUT2D eigenvalue weighted by Crippen LogP contribution is 2.32. The van der Waals surface area contributed by atoms with Crippen molar-refractivity contribution < 1.29 is 14.4 Å². The van der Waals surface area contributed by atoms with Gasteiger partial charge in [0.25, 0.3) is 0 Å². The topological polar surface area (TPSA) is 30.7 Å². The summed E-state index contributed by atoms with van der Waals surface area (Å²) in [5.74, 6) is 0.578. The van der Waals surface area contributed by atoms with Gasteiger partial charge in [0.1, 0.15) is 17.1 Å². The van der Waals surface area contributed by atoms with Crippen molar-refractivity contribution in [1.82, 2.24) is 0 Å². The third kappa shape index (κ3) is 7.82. The Morgan fingerprint density at radius 2 is 1.71 bits per heavy atom. The van der Waals surface area contributed by atoms with Crippen molar-refractivity contribution >= 4 is 28.6 Å². The Kier molecular flexibility index (Phi) is 10.7. The number of alkyl halides is 1. The van der Waals surface area contributed by atoms with Gasteiger partial charge in [0.15, 0.2) is 0 Å². The monoisotopic (exact) mass is 410 g/mol. The number of nitrogens with one attached hydrogen (secondary N) is 1. The second-order valence-corrected chi connectivity index (χ2v) is 7.66. The summed E-state index contributed by atoms with van der Waals surface area (Å²) in [6, 6.07) is 0. The summed E-state index contributed by atoms with van der Waals surface area (Å²) in [6.45, 7) is 8.46. The predicted octanol–water partition coefficient (Wildman–Crippen LogP) is 3.01. The van der Waals surface area contributed by atoms with Crippen LogP contribution in [0.25, 0.3) is 0 Å². The fourth-order valence-electron chi connectivity index (χ4n) is 3.05. The minimum Gasteiger partial charge on any atom is -0.459 e. The molecule has 0 aromatic rings. The maximum Gasteiger partial charge on any atom is 0.319 e. The first kappa shape index (κ1) is 19.2. The van der Waals surface area contributed by atoms with Crippen LogP contribution in [0.1, 0.15) is 65.2 Å². The van der Waals surface area contributed by atoms with Gasteiger partial charge >= 0.3 is 5.97 Å². The van der Waals surface area contributed by atoms with Crippen LogP contribution < -0.4 is 4.90 Å². The SMILES string of the molecule is CCCC[NH+](CCCC)CCOC(=O)C(I)C1CCCC1. The lowest BCUT2D eigenvalue weighted by atomic mass is 10.0. The molecule has 1 fully saturated rings.